The molecule has 1 unspecified atom stereocenters. The summed E-state index contributed by atoms with van der Waals surface area (Å²) in [6, 6.07) is 4.72. The van der Waals surface area contributed by atoms with Crippen LogP contribution in [0.1, 0.15) is 19.4 Å². The van der Waals surface area contributed by atoms with Crippen molar-refractivity contribution in [3.63, 3.8) is 0 Å². The molecule has 0 amide bonds. The van der Waals surface area contributed by atoms with E-state index in [1.165, 1.54) is 6.07 Å². The highest BCUT2D eigenvalue weighted by Gasteiger charge is 2.09. The van der Waals surface area contributed by atoms with Crippen LogP contribution in [0.5, 0.6) is 0 Å². The number of halogens is 2. The monoisotopic (exact) mass is 261 g/mol. The molecular formula is C12H17ClFNS. The van der Waals surface area contributed by atoms with Crippen LogP contribution in [0.25, 0.3) is 0 Å². The molecule has 0 aromatic heterocycles. The van der Waals surface area contributed by atoms with E-state index >= 15 is 0 Å². The molecule has 0 aliphatic rings. The van der Waals surface area contributed by atoms with Gasteiger partial charge >= 0.3 is 0 Å². The van der Waals surface area contributed by atoms with Crippen LogP contribution < -0.4 is 5.73 Å². The predicted octanol–water partition coefficient (Wildman–Crippen LogP) is 3.49. The van der Waals surface area contributed by atoms with E-state index in [4.69, 9.17) is 17.3 Å². The van der Waals surface area contributed by atoms with Gasteiger partial charge in [0.2, 0.25) is 0 Å². The van der Waals surface area contributed by atoms with Crippen molar-refractivity contribution in [1.82, 2.24) is 0 Å². The van der Waals surface area contributed by atoms with Crippen LogP contribution in [0.3, 0.4) is 0 Å². The Morgan fingerprint density at radius 1 is 1.44 bits per heavy atom. The fraction of sp³-hybridized carbons (Fsp3) is 0.500. The molecule has 0 radical (unpaired) electrons. The fourth-order valence-corrected chi connectivity index (χ4v) is 2.25. The number of thioether (sulfide) groups is 1. The van der Waals surface area contributed by atoms with Gasteiger partial charge in [-0.05, 0) is 29.4 Å². The molecule has 1 aromatic rings. The molecule has 4 heteroatoms. The number of benzene rings is 1. The van der Waals surface area contributed by atoms with Gasteiger partial charge in [-0.1, -0.05) is 31.5 Å². The second-order valence-electron chi connectivity index (χ2n) is 4.08. The number of hydrogen-bond acceptors (Lipinski definition) is 2. The highest BCUT2D eigenvalue weighted by molar-refractivity contribution is 7.99. The lowest BCUT2D eigenvalue weighted by Gasteiger charge is -2.13. The fourth-order valence-electron chi connectivity index (χ4n) is 1.34. The molecule has 0 heterocycles. The van der Waals surface area contributed by atoms with Gasteiger partial charge in [0, 0.05) is 16.8 Å². The zero-order valence-electron chi connectivity index (χ0n) is 9.54. The van der Waals surface area contributed by atoms with E-state index in [-0.39, 0.29) is 11.9 Å². The highest BCUT2D eigenvalue weighted by atomic mass is 35.5. The van der Waals surface area contributed by atoms with Crippen molar-refractivity contribution in [3.05, 3.63) is 34.6 Å². The van der Waals surface area contributed by atoms with Crippen molar-refractivity contribution in [2.75, 3.05) is 5.75 Å². The van der Waals surface area contributed by atoms with Gasteiger partial charge in [-0.2, -0.15) is 11.8 Å². The van der Waals surface area contributed by atoms with Gasteiger partial charge in [0.1, 0.15) is 5.82 Å². The summed E-state index contributed by atoms with van der Waals surface area (Å²) >= 11 is 7.47. The normalized spacial score (nSPS) is 13.1. The molecule has 0 spiro atoms. The quantitative estimate of drug-likeness (QED) is 0.878. The maximum Gasteiger partial charge on any atom is 0.127 e. The zero-order chi connectivity index (χ0) is 12.1. The molecule has 90 valence electrons. The summed E-state index contributed by atoms with van der Waals surface area (Å²) in [7, 11) is 0. The van der Waals surface area contributed by atoms with E-state index < -0.39 is 0 Å². The lowest BCUT2D eigenvalue weighted by atomic mass is 10.1. The van der Waals surface area contributed by atoms with E-state index in [9.17, 15) is 4.39 Å². The molecule has 1 atom stereocenters. The Kier molecular flexibility index (Phi) is 5.59. The van der Waals surface area contributed by atoms with Crippen molar-refractivity contribution < 1.29 is 4.39 Å². The molecule has 2 N–H and O–H groups in total. The first-order chi connectivity index (χ1) is 7.49. The van der Waals surface area contributed by atoms with E-state index in [2.05, 4.69) is 13.8 Å². The minimum Gasteiger partial charge on any atom is -0.327 e. The summed E-state index contributed by atoms with van der Waals surface area (Å²) < 4.78 is 13.5. The predicted molar refractivity (Wildman–Crippen MR) is 70.7 cm³/mol. The second kappa shape index (κ2) is 6.48. The lowest BCUT2D eigenvalue weighted by molar-refractivity contribution is 0.597. The van der Waals surface area contributed by atoms with Crippen LogP contribution in [0.15, 0.2) is 18.2 Å². The Bertz CT molecular complexity index is 344. The zero-order valence-corrected chi connectivity index (χ0v) is 11.1. The van der Waals surface area contributed by atoms with Gasteiger partial charge < -0.3 is 5.73 Å². The molecule has 0 saturated carbocycles. The smallest absolute Gasteiger partial charge is 0.127 e. The van der Waals surface area contributed by atoms with Crippen LogP contribution in [0.4, 0.5) is 4.39 Å². The Morgan fingerprint density at radius 3 is 2.69 bits per heavy atom. The average molecular weight is 262 g/mol. The summed E-state index contributed by atoms with van der Waals surface area (Å²) in [6.45, 7) is 4.25. The van der Waals surface area contributed by atoms with Crippen LogP contribution in [-0.4, -0.2) is 17.0 Å². The maximum absolute atomic E-state index is 13.5. The first-order valence-corrected chi connectivity index (χ1v) is 6.73. The molecule has 0 aliphatic heterocycles. The number of nitrogens with two attached hydrogens (primary N) is 1. The summed E-state index contributed by atoms with van der Waals surface area (Å²) in [5.74, 6) is 0.581. The van der Waals surface area contributed by atoms with Crippen molar-refractivity contribution in [3.8, 4) is 0 Å². The first kappa shape index (κ1) is 13.8. The minimum atomic E-state index is -0.266. The van der Waals surface area contributed by atoms with Gasteiger partial charge in [0.25, 0.3) is 0 Å². The van der Waals surface area contributed by atoms with Gasteiger partial charge in [0.15, 0.2) is 0 Å². The van der Waals surface area contributed by atoms with E-state index in [1.807, 2.05) is 0 Å². The molecule has 1 nitrogen and oxygen atoms in total. The van der Waals surface area contributed by atoms with Gasteiger partial charge in [-0.15, -0.1) is 0 Å². The Hall–Kier alpha value is -0.250. The molecular weight excluding hydrogens is 245 g/mol. The van der Waals surface area contributed by atoms with Crippen molar-refractivity contribution in [2.24, 2.45) is 5.73 Å². The Morgan fingerprint density at radius 2 is 2.12 bits per heavy atom. The van der Waals surface area contributed by atoms with E-state index in [0.717, 1.165) is 5.75 Å². The third kappa shape index (κ3) is 4.73. The second-order valence-corrected chi connectivity index (χ2v) is 6.13. The molecule has 0 bridgehead atoms. The third-order valence-corrected chi connectivity index (χ3v) is 3.66. The SMILES string of the molecule is CC(C)SCC(N)Cc1ccc(Cl)cc1F. The van der Waals surface area contributed by atoms with Gasteiger partial charge in [-0.25, -0.2) is 4.39 Å². The number of rotatable bonds is 5. The lowest BCUT2D eigenvalue weighted by Crippen LogP contribution is -2.26. The van der Waals surface area contributed by atoms with Gasteiger partial charge in [0.05, 0.1) is 0 Å². The molecule has 1 rings (SSSR count). The van der Waals surface area contributed by atoms with Crippen molar-refractivity contribution in [2.45, 2.75) is 31.6 Å². The van der Waals surface area contributed by atoms with Gasteiger partial charge in [-0.3, -0.25) is 0 Å². The van der Waals surface area contributed by atoms with Crippen LogP contribution in [0, 0.1) is 5.82 Å². The minimum absolute atomic E-state index is 0.0110. The van der Waals surface area contributed by atoms with Crippen LogP contribution in [0.2, 0.25) is 5.02 Å². The Balaban J connectivity index is 2.52. The summed E-state index contributed by atoms with van der Waals surface area (Å²) in [6.07, 6.45) is 0.558. The molecule has 0 aliphatic carbocycles. The molecule has 16 heavy (non-hydrogen) atoms. The molecule has 0 fully saturated rings. The standard InChI is InChI=1S/C12H17ClFNS/c1-8(2)16-7-11(15)5-9-3-4-10(13)6-12(9)14/h3-4,6,8,11H,5,7,15H2,1-2H3. The summed E-state index contributed by atoms with van der Waals surface area (Å²) in [4.78, 5) is 0. The van der Waals surface area contributed by atoms with Crippen molar-refractivity contribution in [1.29, 1.82) is 0 Å². The first-order valence-electron chi connectivity index (χ1n) is 5.30. The van der Waals surface area contributed by atoms with E-state index in [1.54, 1.807) is 23.9 Å². The maximum atomic E-state index is 13.5. The topological polar surface area (TPSA) is 26.0 Å². The largest absolute Gasteiger partial charge is 0.327 e. The number of hydrogen-bond donors (Lipinski definition) is 1. The van der Waals surface area contributed by atoms with Crippen LogP contribution >= 0.6 is 23.4 Å². The molecule has 0 saturated heterocycles. The highest BCUT2D eigenvalue weighted by Crippen LogP contribution is 2.17. The van der Waals surface area contributed by atoms with Crippen molar-refractivity contribution >= 4 is 23.4 Å². The summed E-state index contributed by atoms with van der Waals surface area (Å²) in [5.41, 5.74) is 6.58. The Labute approximate surface area is 106 Å². The molecule has 1 aromatic carbocycles. The average Bonchev–Trinajstić information content (AvgIpc) is 2.19. The van der Waals surface area contributed by atoms with Crippen LogP contribution in [-0.2, 0) is 6.42 Å². The summed E-state index contributed by atoms with van der Waals surface area (Å²) in [5, 5.41) is 0.979. The van der Waals surface area contributed by atoms with E-state index in [0.29, 0.717) is 22.3 Å². The third-order valence-electron chi connectivity index (χ3n) is 2.14.